The van der Waals surface area contributed by atoms with Crippen LogP contribution in [0.2, 0.25) is 0 Å². The molecule has 1 aliphatic carbocycles. The summed E-state index contributed by atoms with van der Waals surface area (Å²) in [6.45, 7) is 4.14. The standard InChI is InChI=1S/C17H30N6O3/c1-11(2)14(18)15(25)19-9-12(24)21-17(7-5-6-8-17)16-20-13(26-22-16)10-23(3)4/h11,14H,5-10,18H2,1-4H3,(H,19,25)(H,21,24)/t14-/m0/s1. The van der Waals surface area contributed by atoms with Crippen LogP contribution in [-0.2, 0) is 21.7 Å². The van der Waals surface area contributed by atoms with Crippen LogP contribution < -0.4 is 16.4 Å². The van der Waals surface area contributed by atoms with Crippen molar-refractivity contribution >= 4 is 11.8 Å². The smallest absolute Gasteiger partial charge is 0.240 e. The summed E-state index contributed by atoms with van der Waals surface area (Å²) in [5, 5.41) is 9.68. The highest BCUT2D eigenvalue weighted by Crippen LogP contribution is 2.37. The summed E-state index contributed by atoms with van der Waals surface area (Å²) in [6.07, 6.45) is 3.45. The van der Waals surface area contributed by atoms with Crippen molar-refractivity contribution in [1.82, 2.24) is 25.7 Å². The van der Waals surface area contributed by atoms with E-state index in [2.05, 4.69) is 20.8 Å². The number of nitrogens with zero attached hydrogens (tertiary/aromatic N) is 3. The summed E-state index contributed by atoms with van der Waals surface area (Å²) in [5.41, 5.74) is 5.16. The number of carbonyl (C=O) groups excluding carboxylic acids is 2. The summed E-state index contributed by atoms with van der Waals surface area (Å²) in [4.78, 5) is 30.7. The Kier molecular flexibility index (Phi) is 6.71. The van der Waals surface area contributed by atoms with Gasteiger partial charge in [0.05, 0.1) is 19.1 Å². The molecule has 4 N–H and O–H groups in total. The monoisotopic (exact) mass is 366 g/mol. The van der Waals surface area contributed by atoms with E-state index in [0.29, 0.717) is 18.3 Å². The van der Waals surface area contributed by atoms with Crippen LogP contribution in [0.1, 0.15) is 51.2 Å². The summed E-state index contributed by atoms with van der Waals surface area (Å²) in [5.74, 6) is 0.416. The molecule has 0 aromatic carbocycles. The maximum atomic E-state index is 12.4. The van der Waals surface area contributed by atoms with Crippen LogP contribution in [0.25, 0.3) is 0 Å². The summed E-state index contributed by atoms with van der Waals surface area (Å²) in [6, 6.07) is -0.631. The lowest BCUT2D eigenvalue weighted by Crippen LogP contribution is -2.51. The second-order valence-electron chi connectivity index (χ2n) is 7.57. The van der Waals surface area contributed by atoms with Gasteiger partial charge in [0.1, 0.15) is 5.54 Å². The van der Waals surface area contributed by atoms with Crippen LogP contribution in [0.4, 0.5) is 0 Å². The Morgan fingerprint density at radius 1 is 1.31 bits per heavy atom. The first kappa shape index (κ1) is 20.3. The van der Waals surface area contributed by atoms with Gasteiger partial charge in [-0.25, -0.2) is 0 Å². The third kappa shape index (κ3) is 5.01. The van der Waals surface area contributed by atoms with Gasteiger partial charge < -0.3 is 25.8 Å². The zero-order chi connectivity index (χ0) is 19.3. The highest BCUT2D eigenvalue weighted by molar-refractivity contribution is 5.87. The lowest BCUT2D eigenvalue weighted by Gasteiger charge is -2.27. The van der Waals surface area contributed by atoms with Gasteiger partial charge in [0.2, 0.25) is 17.7 Å². The number of aromatic nitrogens is 2. The Labute approximate surface area is 154 Å². The van der Waals surface area contributed by atoms with E-state index in [0.717, 1.165) is 25.7 Å². The van der Waals surface area contributed by atoms with Crippen molar-refractivity contribution in [3.63, 3.8) is 0 Å². The molecule has 1 heterocycles. The minimum Gasteiger partial charge on any atom is -0.346 e. The topological polar surface area (TPSA) is 126 Å². The fourth-order valence-electron chi connectivity index (χ4n) is 3.07. The van der Waals surface area contributed by atoms with Crippen molar-refractivity contribution in [2.24, 2.45) is 11.7 Å². The lowest BCUT2D eigenvalue weighted by atomic mass is 9.96. The van der Waals surface area contributed by atoms with Crippen LogP contribution >= 0.6 is 0 Å². The van der Waals surface area contributed by atoms with Gasteiger partial charge in [-0.1, -0.05) is 31.8 Å². The van der Waals surface area contributed by atoms with E-state index in [4.69, 9.17) is 10.3 Å². The first-order valence-electron chi connectivity index (χ1n) is 9.05. The Morgan fingerprint density at radius 2 is 1.96 bits per heavy atom. The largest absolute Gasteiger partial charge is 0.346 e. The highest BCUT2D eigenvalue weighted by atomic mass is 16.5. The summed E-state index contributed by atoms with van der Waals surface area (Å²) >= 11 is 0. The van der Waals surface area contributed by atoms with Crippen molar-refractivity contribution in [2.75, 3.05) is 20.6 Å². The molecule has 1 aromatic heterocycles. The number of rotatable bonds is 8. The SMILES string of the molecule is CC(C)[C@H](N)C(=O)NCC(=O)NC1(c2noc(CN(C)C)n2)CCCC1. The summed E-state index contributed by atoms with van der Waals surface area (Å²) < 4.78 is 5.31. The van der Waals surface area contributed by atoms with Gasteiger partial charge in [-0.15, -0.1) is 0 Å². The van der Waals surface area contributed by atoms with E-state index in [-0.39, 0.29) is 24.3 Å². The minimum atomic E-state index is -0.631. The van der Waals surface area contributed by atoms with Gasteiger partial charge in [-0.05, 0) is 32.9 Å². The minimum absolute atomic E-state index is 0.00804. The van der Waals surface area contributed by atoms with Gasteiger partial charge >= 0.3 is 0 Å². The number of hydrogen-bond acceptors (Lipinski definition) is 7. The van der Waals surface area contributed by atoms with Gasteiger partial charge in [-0.2, -0.15) is 4.98 Å². The van der Waals surface area contributed by atoms with Crippen LogP contribution in [0, 0.1) is 5.92 Å². The fraction of sp³-hybridized carbons (Fsp3) is 0.765. The molecule has 0 radical (unpaired) electrons. The molecule has 1 atom stereocenters. The second-order valence-corrected chi connectivity index (χ2v) is 7.57. The summed E-state index contributed by atoms with van der Waals surface area (Å²) in [7, 11) is 3.84. The van der Waals surface area contributed by atoms with E-state index in [9.17, 15) is 9.59 Å². The Hall–Kier alpha value is -2.00. The molecule has 1 saturated carbocycles. The first-order chi connectivity index (χ1) is 12.2. The molecule has 0 bridgehead atoms. The molecule has 0 aliphatic heterocycles. The van der Waals surface area contributed by atoms with Crippen LogP contribution in [0.5, 0.6) is 0 Å². The van der Waals surface area contributed by atoms with Crippen molar-refractivity contribution in [3.05, 3.63) is 11.7 Å². The van der Waals surface area contributed by atoms with Crippen molar-refractivity contribution in [1.29, 1.82) is 0 Å². The van der Waals surface area contributed by atoms with Crippen molar-refractivity contribution in [2.45, 2.75) is 57.7 Å². The van der Waals surface area contributed by atoms with Gasteiger partial charge in [0, 0.05) is 0 Å². The van der Waals surface area contributed by atoms with Gasteiger partial charge in [0.25, 0.3) is 0 Å². The van der Waals surface area contributed by atoms with Crippen molar-refractivity contribution in [3.8, 4) is 0 Å². The molecule has 2 amide bonds. The maximum absolute atomic E-state index is 12.4. The van der Waals surface area contributed by atoms with Crippen LogP contribution in [0.15, 0.2) is 4.52 Å². The quantitative estimate of drug-likeness (QED) is 0.596. The molecule has 9 nitrogen and oxygen atoms in total. The normalized spacial score (nSPS) is 17.5. The number of nitrogens with two attached hydrogens (primary N) is 1. The number of nitrogens with one attached hydrogen (secondary N) is 2. The molecule has 0 spiro atoms. The number of carbonyl (C=O) groups is 2. The predicted octanol–water partition coefficient (Wildman–Crippen LogP) is 0.116. The molecule has 2 rings (SSSR count). The van der Waals surface area contributed by atoms with Gasteiger partial charge in [-0.3, -0.25) is 9.59 Å². The van der Waals surface area contributed by atoms with Crippen molar-refractivity contribution < 1.29 is 14.1 Å². The molecular formula is C17H30N6O3. The molecule has 1 aromatic rings. The van der Waals surface area contributed by atoms with E-state index in [1.54, 1.807) is 0 Å². The molecule has 1 fully saturated rings. The average molecular weight is 366 g/mol. The molecule has 9 heteroatoms. The van der Waals surface area contributed by atoms with Crippen LogP contribution in [-0.4, -0.2) is 53.5 Å². The number of amides is 2. The molecule has 26 heavy (non-hydrogen) atoms. The number of hydrogen-bond donors (Lipinski definition) is 3. The predicted molar refractivity (Wildman–Crippen MR) is 95.8 cm³/mol. The Morgan fingerprint density at radius 3 is 2.54 bits per heavy atom. The molecule has 0 saturated heterocycles. The van der Waals surface area contributed by atoms with E-state index >= 15 is 0 Å². The van der Waals surface area contributed by atoms with E-state index < -0.39 is 11.6 Å². The highest BCUT2D eigenvalue weighted by Gasteiger charge is 2.41. The van der Waals surface area contributed by atoms with Crippen LogP contribution in [0.3, 0.4) is 0 Å². The zero-order valence-corrected chi connectivity index (χ0v) is 16.0. The molecule has 146 valence electrons. The molecule has 1 aliphatic rings. The first-order valence-corrected chi connectivity index (χ1v) is 9.05. The average Bonchev–Trinajstić information content (AvgIpc) is 3.21. The van der Waals surface area contributed by atoms with E-state index in [1.165, 1.54) is 0 Å². The zero-order valence-electron chi connectivity index (χ0n) is 16.0. The Balaban J connectivity index is 2.00. The third-order valence-corrected chi connectivity index (χ3v) is 4.63. The Bertz CT molecular complexity index is 622. The third-order valence-electron chi connectivity index (χ3n) is 4.63. The lowest BCUT2D eigenvalue weighted by molar-refractivity contribution is -0.128. The molecular weight excluding hydrogens is 336 g/mol. The molecule has 0 unspecified atom stereocenters. The fourth-order valence-corrected chi connectivity index (χ4v) is 3.07. The second kappa shape index (κ2) is 8.59. The van der Waals surface area contributed by atoms with Gasteiger partial charge in [0.15, 0.2) is 5.82 Å². The maximum Gasteiger partial charge on any atom is 0.240 e. The van der Waals surface area contributed by atoms with E-state index in [1.807, 2.05) is 32.8 Å².